The van der Waals surface area contributed by atoms with Crippen molar-refractivity contribution in [3.05, 3.63) is 0 Å². The molecular formula is C12H25ClN2O. The minimum Gasteiger partial charge on any atom is -0.343 e. The summed E-state index contributed by atoms with van der Waals surface area (Å²) in [7, 11) is 1.90. The second-order valence-corrected chi connectivity index (χ2v) is 4.82. The summed E-state index contributed by atoms with van der Waals surface area (Å²) in [6.45, 7) is 4.20. The quantitative estimate of drug-likeness (QED) is 0.829. The molecule has 1 amide bonds. The number of nitrogens with two attached hydrogens (primary N) is 1. The van der Waals surface area contributed by atoms with Gasteiger partial charge in [0, 0.05) is 25.6 Å². The summed E-state index contributed by atoms with van der Waals surface area (Å²) in [4.78, 5) is 13.8. The van der Waals surface area contributed by atoms with Gasteiger partial charge in [0.05, 0.1) is 0 Å². The van der Waals surface area contributed by atoms with Crippen molar-refractivity contribution in [1.82, 2.24) is 4.90 Å². The van der Waals surface area contributed by atoms with E-state index in [1.54, 1.807) is 0 Å². The summed E-state index contributed by atoms with van der Waals surface area (Å²) in [6.07, 6.45) is 5.05. The largest absolute Gasteiger partial charge is 0.343 e. The van der Waals surface area contributed by atoms with E-state index in [0.29, 0.717) is 18.4 Å². The third-order valence-electron chi connectivity index (χ3n) is 3.80. The summed E-state index contributed by atoms with van der Waals surface area (Å²) in [5, 5.41) is 0. The highest BCUT2D eigenvalue weighted by molar-refractivity contribution is 5.85. The average molecular weight is 249 g/mol. The van der Waals surface area contributed by atoms with Crippen LogP contribution in [0.5, 0.6) is 0 Å². The Morgan fingerprint density at radius 1 is 1.50 bits per heavy atom. The van der Waals surface area contributed by atoms with E-state index in [-0.39, 0.29) is 24.4 Å². The van der Waals surface area contributed by atoms with Crippen LogP contribution in [-0.4, -0.2) is 29.9 Å². The van der Waals surface area contributed by atoms with Crippen molar-refractivity contribution in [2.24, 2.45) is 11.7 Å². The van der Waals surface area contributed by atoms with Crippen molar-refractivity contribution < 1.29 is 4.79 Å². The van der Waals surface area contributed by atoms with Gasteiger partial charge in [-0.2, -0.15) is 0 Å². The maximum Gasteiger partial charge on any atom is 0.222 e. The standard InChI is InChI=1S/C12H24N2O.ClH/c1-4-9(2)14(3)12(15)8-10-6-5-7-11(10)13;/h9-11H,4-8,13H2,1-3H3;1H/t9?,10-,11+;/m0./s1. The molecule has 0 aliphatic heterocycles. The SMILES string of the molecule is CCC(C)N(C)C(=O)C[C@@H]1CCC[C@H]1N.Cl. The van der Waals surface area contributed by atoms with Crippen molar-refractivity contribution in [1.29, 1.82) is 0 Å². The van der Waals surface area contributed by atoms with Gasteiger partial charge in [0.1, 0.15) is 0 Å². The smallest absolute Gasteiger partial charge is 0.222 e. The Bertz CT molecular complexity index is 223. The third-order valence-corrected chi connectivity index (χ3v) is 3.80. The zero-order valence-corrected chi connectivity index (χ0v) is 11.4. The molecule has 96 valence electrons. The van der Waals surface area contributed by atoms with E-state index in [9.17, 15) is 4.79 Å². The Morgan fingerprint density at radius 3 is 2.56 bits per heavy atom. The first-order valence-electron chi connectivity index (χ1n) is 6.07. The highest BCUT2D eigenvalue weighted by atomic mass is 35.5. The molecule has 0 aromatic carbocycles. The van der Waals surface area contributed by atoms with Crippen LogP contribution in [0.25, 0.3) is 0 Å². The van der Waals surface area contributed by atoms with Crippen LogP contribution in [0.4, 0.5) is 0 Å². The van der Waals surface area contributed by atoms with E-state index in [1.165, 1.54) is 6.42 Å². The summed E-state index contributed by atoms with van der Waals surface area (Å²) >= 11 is 0. The molecule has 1 rings (SSSR count). The predicted octanol–water partition coefficient (Wildman–Crippen LogP) is 2.18. The van der Waals surface area contributed by atoms with Gasteiger partial charge < -0.3 is 10.6 Å². The maximum absolute atomic E-state index is 11.9. The van der Waals surface area contributed by atoms with Gasteiger partial charge in [-0.1, -0.05) is 13.3 Å². The zero-order valence-electron chi connectivity index (χ0n) is 10.6. The van der Waals surface area contributed by atoms with E-state index in [0.717, 1.165) is 19.3 Å². The molecular weight excluding hydrogens is 224 g/mol. The van der Waals surface area contributed by atoms with Crippen molar-refractivity contribution in [3.63, 3.8) is 0 Å². The van der Waals surface area contributed by atoms with Crippen molar-refractivity contribution in [2.45, 2.75) is 58.0 Å². The van der Waals surface area contributed by atoms with E-state index in [1.807, 2.05) is 11.9 Å². The molecule has 0 aromatic heterocycles. The van der Waals surface area contributed by atoms with Crippen LogP contribution in [0.1, 0.15) is 46.0 Å². The lowest BCUT2D eigenvalue weighted by Gasteiger charge is -2.26. The molecule has 2 N–H and O–H groups in total. The van der Waals surface area contributed by atoms with Crippen molar-refractivity contribution >= 4 is 18.3 Å². The van der Waals surface area contributed by atoms with Gasteiger partial charge >= 0.3 is 0 Å². The molecule has 1 saturated carbocycles. The maximum atomic E-state index is 11.9. The summed E-state index contributed by atoms with van der Waals surface area (Å²) in [5.41, 5.74) is 5.97. The topological polar surface area (TPSA) is 46.3 Å². The lowest BCUT2D eigenvalue weighted by molar-refractivity contribution is -0.132. The number of hydrogen-bond acceptors (Lipinski definition) is 2. The Kier molecular flexibility index (Phi) is 7.00. The predicted molar refractivity (Wildman–Crippen MR) is 69.7 cm³/mol. The molecule has 1 fully saturated rings. The Morgan fingerprint density at radius 2 is 2.12 bits per heavy atom. The Balaban J connectivity index is 0.00000225. The van der Waals surface area contributed by atoms with Crippen molar-refractivity contribution in [2.75, 3.05) is 7.05 Å². The third kappa shape index (κ3) is 3.95. The Hall–Kier alpha value is -0.280. The summed E-state index contributed by atoms with van der Waals surface area (Å²) in [6, 6.07) is 0.592. The van der Waals surface area contributed by atoms with Gasteiger partial charge in [0.25, 0.3) is 0 Å². The Labute approximate surface area is 105 Å². The molecule has 1 aliphatic carbocycles. The molecule has 4 heteroatoms. The van der Waals surface area contributed by atoms with Gasteiger partial charge in [-0.15, -0.1) is 12.4 Å². The highest BCUT2D eigenvalue weighted by Crippen LogP contribution is 2.27. The number of amides is 1. The number of carbonyl (C=O) groups excluding carboxylic acids is 1. The first-order valence-corrected chi connectivity index (χ1v) is 6.07. The average Bonchev–Trinajstić information content (AvgIpc) is 2.62. The second-order valence-electron chi connectivity index (χ2n) is 4.82. The fourth-order valence-electron chi connectivity index (χ4n) is 2.21. The lowest BCUT2D eigenvalue weighted by atomic mass is 9.99. The first kappa shape index (κ1) is 15.7. The number of hydrogen-bond donors (Lipinski definition) is 1. The molecule has 0 saturated heterocycles. The van der Waals surface area contributed by atoms with Crippen LogP contribution >= 0.6 is 12.4 Å². The number of nitrogens with zero attached hydrogens (tertiary/aromatic N) is 1. The second kappa shape index (κ2) is 7.13. The van der Waals surface area contributed by atoms with Gasteiger partial charge in [0.2, 0.25) is 5.91 Å². The van der Waals surface area contributed by atoms with Crippen molar-refractivity contribution in [3.8, 4) is 0 Å². The van der Waals surface area contributed by atoms with E-state index >= 15 is 0 Å². The fraction of sp³-hybridized carbons (Fsp3) is 0.917. The van der Waals surface area contributed by atoms with Gasteiger partial charge in [-0.25, -0.2) is 0 Å². The summed E-state index contributed by atoms with van der Waals surface area (Å²) in [5.74, 6) is 0.677. The van der Waals surface area contributed by atoms with Crippen LogP contribution in [-0.2, 0) is 4.79 Å². The minimum absolute atomic E-state index is 0. The molecule has 1 aliphatic rings. The molecule has 0 bridgehead atoms. The first-order chi connectivity index (χ1) is 7.06. The van der Waals surface area contributed by atoms with Gasteiger partial charge in [-0.3, -0.25) is 4.79 Å². The molecule has 0 heterocycles. The van der Waals surface area contributed by atoms with Crippen LogP contribution < -0.4 is 5.73 Å². The number of rotatable bonds is 4. The van der Waals surface area contributed by atoms with Gasteiger partial charge in [0.15, 0.2) is 0 Å². The number of halogens is 1. The molecule has 0 radical (unpaired) electrons. The molecule has 3 nitrogen and oxygen atoms in total. The zero-order chi connectivity index (χ0) is 11.4. The van der Waals surface area contributed by atoms with Gasteiger partial charge in [-0.05, 0) is 32.1 Å². The molecule has 0 spiro atoms. The molecule has 1 unspecified atom stereocenters. The van der Waals surface area contributed by atoms with Crippen LogP contribution in [0.3, 0.4) is 0 Å². The molecule has 3 atom stereocenters. The monoisotopic (exact) mass is 248 g/mol. The van der Waals surface area contributed by atoms with E-state index < -0.39 is 0 Å². The van der Waals surface area contributed by atoms with E-state index in [4.69, 9.17) is 5.73 Å². The molecule has 16 heavy (non-hydrogen) atoms. The van der Waals surface area contributed by atoms with Crippen LogP contribution in [0, 0.1) is 5.92 Å². The van der Waals surface area contributed by atoms with Crippen LogP contribution in [0.2, 0.25) is 0 Å². The highest BCUT2D eigenvalue weighted by Gasteiger charge is 2.27. The van der Waals surface area contributed by atoms with Crippen LogP contribution in [0.15, 0.2) is 0 Å². The van der Waals surface area contributed by atoms with E-state index in [2.05, 4.69) is 13.8 Å². The summed E-state index contributed by atoms with van der Waals surface area (Å²) < 4.78 is 0. The minimum atomic E-state index is 0. The fourth-order valence-corrected chi connectivity index (χ4v) is 2.21. The lowest BCUT2D eigenvalue weighted by Crippen LogP contribution is -2.37. The molecule has 0 aromatic rings. The number of carbonyl (C=O) groups is 1. The normalized spacial score (nSPS) is 26.0.